The molecule has 0 fully saturated rings. The molecule has 0 saturated carbocycles. The smallest absolute Gasteiger partial charge is 0.223 e. The zero-order valence-electron chi connectivity index (χ0n) is 14.3. The lowest BCUT2D eigenvalue weighted by atomic mass is 10.2. The van der Waals surface area contributed by atoms with Crippen molar-refractivity contribution in [3.63, 3.8) is 0 Å². The molecule has 0 radical (unpaired) electrons. The molecular weight excluding hydrogens is 340 g/mol. The molecule has 0 spiro atoms. The van der Waals surface area contributed by atoms with Crippen molar-refractivity contribution in [2.24, 2.45) is 0 Å². The van der Waals surface area contributed by atoms with E-state index in [1.807, 2.05) is 30.3 Å². The molecule has 132 valence electrons. The molecule has 0 saturated heterocycles. The summed E-state index contributed by atoms with van der Waals surface area (Å²) in [5.41, 5.74) is 1.58. The molecule has 0 atom stereocenters. The lowest BCUT2D eigenvalue weighted by Crippen LogP contribution is -2.34. The Balaban J connectivity index is 1.99. The topological polar surface area (TPSA) is 58.6 Å². The highest BCUT2D eigenvalue weighted by Crippen LogP contribution is 2.31. The third-order valence-electron chi connectivity index (χ3n) is 3.71. The first-order valence-corrected chi connectivity index (χ1v) is 8.31. The second kappa shape index (κ2) is 9.08. The molecule has 0 aromatic heterocycles. The lowest BCUT2D eigenvalue weighted by Gasteiger charge is -2.23. The lowest BCUT2D eigenvalue weighted by molar-refractivity contribution is -0.121. The van der Waals surface area contributed by atoms with Crippen molar-refractivity contribution < 1.29 is 14.3 Å². The molecule has 25 heavy (non-hydrogen) atoms. The third-order valence-corrected chi connectivity index (χ3v) is 3.94. The number of nitrogens with zero attached hydrogens (tertiary/aromatic N) is 1. The van der Waals surface area contributed by atoms with Crippen molar-refractivity contribution in [3.05, 3.63) is 59.1 Å². The van der Waals surface area contributed by atoms with Gasteiger partial charge in [0.15, 0.2) is 0 Å². The van der Waals surface area contributed by atoms with Gasteiger partial charge in [0.25, 0.3) is 0 Å². The summed E-state index contributed by atoms with van der Waals surface area (Å²) in [5.74, 6) is 0.219. The van der Waals surface area contributed by atoms with Gasteiger partial charge in [-0.3, -0.25) is 9.59 Å². The fourth-order valence-electron chi connectivity index (χ4n) is 2.42. The van der Waals surface area contributed by atoms with Gasteiger partial charge in [-0.15, -0.1) is 0 Å². The normalized spacial score (nSPS) is 10.2. The van der Waals surface area contributed by atoms with Crippen molar-refractivity contribution in [2.45, 2.75) is 19.9 Å². The molecule has 6 heteroatoms. The molecule has 2 rings (SSSR count). The zero-order chi connectivity index (χ0) is 18.2. The Hall–Kier alpha value is -2.53. The molecule has 2 aromatic rings. The maximum absolute atomic E-state index is 12.1. The van der Waals surface area contributed by atoms with Crippen molar-refractivity contribution >= 4 is 29.1 Å². The highest BCUT2D eigenvalue weighted by molar-refractivity contribution is 6.31. The second-order valence-corrected chi connectivity index (χ2v) is 5.94. The van der Waals surface area contributed by atoms with Crippen LogP contribution in [0, 0.1) is 0 Å². The number of anilines is 1. The van der Waals surface area contributed by atoms with E-state index in [2.05, 4.69) is 5.32 Å². The number of amides is 2. The van der Waals surface area contributed by atoms with Crippen LogP contribution >= 0.6 is 11.6 Å². The van der Waals surface area contributed by atoms with E-state index in [0.29, 0.717) is 23.0 Å². The Bertz CT molecular complexity index is 735. The summed E-state index contributed by atoms with van der Waals surface area (Å²) in [6, 6.07) is 14.7. The molecular formula is C19H21ClN2O3. The fourth-order valence-corrected chi connectivity index (χ4v) is 2.59. The van der Waals surface area contributed by atoms with Crippen LogP contribution in [0.4, 0.5) is 5.69 Å². The number of ether oxygens (including phenoxy) is 1. The average molecular weight is 361 g/mol. The number of carbonyl (C=O) groups excluding carboxylic acids is 2. The predicted molar refractivity (Wildman–Crippen MR) is 98.9 cm³/mol. The van der Waals surface area contributed by atoms with Crippen LogP contribution in [0.2, 0.25) is 5.02 Å². The molecule has 1 N–H and O–H groups in total. The van der Waals surface area contributed by atoms with Gasteiger partial charge in [0.1, 0.15) is 5.75 Å². The fraction of sp³-hybridized carbons (Fsp3) is 0.263. The van der Waals surface area contributed by atoms with Gasteiger partial charge in [0.05, 0.1) is 12.8 Å². The molecule has 0 aliphatic rings. The third kappa shape index (κ3) is 5.50. The van der Waals surface area contributed by atoms with Gasteiger partial charge in [-0.2, -0.15) is 0 Å². The average Bonchev–Trinajstić information content (AvgIpc) is 2.61. The Morgan fingerprint density at radius 2 is 1.88 bits per heavy atom. The van der Waals surface area contributed by atoms with Crippen LogP contribution < -0.4 is 15.0 Å². The zero-order valence-corrected chi connectivity index (χ0v) is 15.0. The van der Waals surface area contributed by atoms with Crippen LogP contribution in [0.3, 0.4) is 0 Å². The standard InChI is InChI=1S/C19H21ClN2O3/c1-14(23)22(17-12-16(20)8-9-18(17)25-2)11-10-19(24)21-13-15-6-4-3-5-7-15/h3-9,12H,10-11,13H2,1-2H3,(H,21,24). The monoisotopic (exact) mass is 360 g/mol. The van der Waals surface area contributed by atoms with E-state index >= 15 is 0 Å². The highest BCUT2D eigenvalue weighted by atomic mass is 35.5. The van der Waals surface area contributed by atoms with Gasteiger partial charge in [-0.05, 0) is 23.8 Å². The van der Waals surface area contributed by atoms with Crippen molar-refractivity contribution in [2.75, 3.05) is 18.6 Å². The van der Waals surface area contributed by atoms with Gasteiger partial charge in [-0.1, -0.05) is 41.9 Å². The summed E-state index contributed by atoms with van der Waals surface area (Å²) < 4.78 is 5.29. The Morgan fingerprint density at radius 3 is 2.52 bits per heavy atom. The first-order chi connectivity index (χ1) is 12.0. The summed E-state index contributed by atoms with van der Waals surface area (Å²) in [6.45, 7) is 2.15. The summed E-state index contributed by atoms with van der Waals surface area (Å²) in [7, 11) is 1.53. The number of benzene rings is 2. The minimum Gasteiger partial charge on any atom is -0.495 e. The van der Waals surface area contributed by atoms with Crippen LogP contribution in [0.15, 0.2) is 48.5 Å². The second-order valence-electron chi connectivity index (χ2n) is 5.50. The number of methoxy groups -OCH3 is 1. The molecule has 5 nitrogen and oxygen atoms in total. The molecule has 0 unspecified atom stereocenters. The Morgan fingerprint density at radius 1 is 1.16 bits per heavy atom. The highest BCUT2D eigenvalue weighted by Gasteiger charge is 2.18. The summed E-state index contributed by atoms with van der Waals surface area (Å²) in [4.78, 5) is 25.6. The van der Waals surface area contributed by atoms with Crippen LogP contribution in [0.1, 0.15) is 18.9 Å². The number of hydrogen-bond acceptors (Lipinski definition) is 3. The van der Waals surface area contributed by atoms with E-state index in [4.69, 9.17) is 16.3 Å². The number of carbonyl (C=O) groups is 2. The minimum absolute atomic E-state index is 0.129. The van der Waals surface area contributed by atoms with Gasteiger partial charge < -0.3 is 15.0 Å². The quantitative estimate of drug-likeness (QED) is 0.823. The van der Waals surface area contributed by atoms with Crippen LogP contribution in [-0.4, -0.2) is 25.5 Å². The van der Waals surface area contributed by atoms with Gasteiger partial charge in [0.2, 0.25) is 11.8 Å². The largest absolute Gasteiger partial charge is 0.495 e. The summed E-state index contributed by atoms with van der Waals surface area (Å²) in [6.07, 6.45) is 0.183. The van der Waals surface area contributed by atoms with E-state index in [0.717, 1.165) is 5.56 Å². The number of nitrogens with one attached hydrogen (secondary N) is 1. The number of rotatable bonds is 7. The van der Waals surface area contributed by atoms with Gasteiger partial charge >= 0.3 is 0 Å². The predicted octanol–water partition coefficient (Wildman–Crippen LogP) is 3.41. The van der Waals surface area contributed by atoms with Crippen molar-refractivity contribution in [1.29, 1.82) is 0 Å². The maximum Gasteiger partial charge on any atom is 0.223 e. The Kier molecular flexibility index (Phi) is 6.83. The minimum atomic E-state index is -0.184. The SMILES string of the molecule is COc1ccc(Cl)cc1N(CCC(=O)NCc1ccccc1)C(C)=O. The first-order valence-electron chi connectivity index (χ1n) is 7.93. The van der Waals surface area contributed by atoms with Crippen LogP contribution in [-0.2, 0) is 16.1 Å². The van der Waals surface area contributed by atoms with Gasteiger partial charge in [-0.25, -0.2) is 0 Å². The van der Waals surface area contributed by atoms with E-state index < -0.39 is 0 Å². The molecule has 0 heterocycles. The van der Waals surface area contributed by atoms with Crippen LogP contribution in [0.25, 0.3) is 0 Å². The molecule has 0 aliphatic heterocycles. The molecule has 2 aromatic carbocycles. The van der Waals surface area contributed by atoms with Gasteiger partial charge in [0, 0.05) is 31.5 Å². The Labute approximate surface area is 152 Å². The van der Waals surface area contributed by atoms with Crippen molar-refractivity contribution in [1.82, 2.24) is 5.32 Å². The molecule has 0 aliphatic carbocycles. The first kappa shape index (κ1) is 18.8. The molecule has 2 amide bonds. The number of halogens is 1. The van der Waals surface area contributed by atoms with E-state index in [1.165, 1.54) is 18.9 Å². The maximum atomic E-state index is 12.1. The van der Waals surface area contributed by atoms with Crippen molar-refractivity contribution in [3.8, 4) is 5.75 Å². The van der Waals surface area contributed by atoms with E-state index in [1.54, 1.807) is 18.2 Å². The van der Waals surface area contributed by atoms with E-state index in [-0.39, 0.29) is 24.8 Å². The number of hydrogen-bond donors (Lipinski definition) is 1. The summed E-state index contributed by atoms with van der Waals surface area (Å²) in [5, 5.41) is 3.35. The van der Waals surface area contributed by atoms with Crippen LogP contribution in [0.5, 0.6) is 5.75 Å². The molecule has 0 bridgehead atoms. The summed E-state index contributed by atoms with van der Waals surface area (Å²) >= 11 is 6.03. The van der Waals surface area contributed by atoms with E-state index in [9.17, 15) is 9.59 Å².